The summed E-state index contributed by atoms with van der Waals surface area (Å²) in [7, 11) is 0. The van der Waals surface area contributed by atoms with Crippen LogP contribution in [0.4, 0.5) is 0 Å². The standard InChI is InChI=1S/C18H15NO2/c1-13-5-10-16-3-2-4-17(18(16)19-13)21-12-15-8-6-14(11-20)7-9-15/h2-11H,12H2,1H3. The van der Waals surface area contributed by atoms with Gasteiger partial charge in [-0.2, -0.15) is 0 Å². The third-order valence-electron chi connectivity index (χ3n) is 3.33. The molecule has 0 aliphatic carbocycles. The van der Waals surface area contributed by atoms with Crippen LogP contribution in [0.5, 0.6) is 5.75 Å². The van der Waals surface area contributed by atoms with Crippen molar-refractivity contribution in [3.63, 3.8) is 0 Å². The van der Waals surface area contributed by atoms with Crippen LogP contribution in [-0.4, -0.2) is 11.3 Å². The molecule has 21 heavy (non-hydrogen) atoms. The largest absolute Gasteiger partial charge is 0.487 e. The molecule has 0 saturated heterocycles. The molecule has 3 rings (SSSR count). The number of aldehydes is 1. The van der Waals surface area contributed by atoms with E-state index in [2.05, 4.69) is 4.98 Å². The van der Waals surface area contributed by atoms with Gasteiger partial charge in [0.2, 0.25) is 0 Å². The molecule has 3 aromatic rings. The second-order valence-electron chi connectivity index (χ2n) is 4.93. The minimum atomic E-state index is 0.452. The van der Waals surface area contributed by atoms with Gasteiger partial charge in [-0.15, -0.1) is 0 Å². The SMILES string of the molecule is Cc1ccc2cccc(OCc3ccc(C=O)cc3)c2n1. The highest BCUT2D eigenvalue weighted by molar-refractivity contribution is 5.84. The van der Waals surface area contributed by atoms with E-state index in [1.54, 1.807) is 12.1 Å². The first kappa shape index (κ1) is 13.3. The van der Waals surface area contributed by atoms with Gasteiger partial charge in [0.05, 0.1) is 0 Å². The zero-order chi connectivity index (χ0) is 14.7. The Labute approximate surface area is 123 Å². The molecule has 0 radical (unpaired) electrons. The lowest BCUT2D eigenvalue weighted by Gasteiger charge is -2.09. The van der Waals surface area contributed by atoms with Crippen LogP contribution >= 0.6 is 0 Å². The summed E-state index contributed by atoms with van der Waals surface area (Å²) >= 11 is 0. The quantitative estimate of drug-likeness (QED) is 0.678. The van der Waals surface area contributed by atoms with Crippen molar-refractivity contribution in [3.8, 4) is 5.75 Å². The van der Waals surface area contributed by atoms with E-state index in [4.69, 9.17) is 4.74 Å². The Morgan fingerprint density at radius 1 is 1.05 bits per heavy atom. The maximum absolute atomic E-state index is 10.6. The lowest BCUT2D eigenvalue weighted by Crippen LogP contribution is -1.97. The van der Waals surface area contributed by atoms with Crippen molar-refractivity contribution in [3.05, 3.63) is 71.4 Å². The predicted octanol–water partition coefficient (Wildman–Crippen LogP) is 3.93. The highest BCUT2D eigenvalue weighted by Gasteiger charge is 2.04. The van der Waals surface area contributed by atoms with E-state index in [1.807, 2.05) is 49.4 Å². The molecule has 104 valence electrons. The van der Waals surface area contributed by atoms with Crippen LogP contribution in [0.3, 0.4) is 0 Å². The molecule has 0 spiro atoms. The number of carbonyl (C=O) groups is 1. The van der Waals surface area contributed by atoms with E-state index >= 15 is 0 Å². The molecule has 0 fully saturated rings. The second kappa shape index (κ2) is 5.75. The maximum atomic E-state index is 10.6. The fourth-order valence-corrected chi connectivity index (χ4v) is 2.19. The van der Waals surface area contributed by atoms with E-state index in [1.165, 1.54) is 0 Å². The molecule has 0 aliphatic rings. The number of pyridine rings is 1. The summed E-state index contributed by atoms with van der Waals surface area (Å²) in [6.07, 6.45) is 0.835. The van der Waals surface area contributed by atoms with Gasteiger partial charge in [-0.3, -0.25) is 4.79 Å². The van der Waals surface area contributed by atoms with Crippen LogP contribution in [0.2, 0.25) is 0 Å². The van der Waals surface area contributed by atoms with E-state index in [9.17, 15) is 4.79 Å². The normalized spacial score (nSPS) is 10.5. The summed E-state index contributed by atoms with van der Waals surface area (Å²) in [5, 5.41) is 1.06. The number of nitrogens with zero attached hydrogens (tertiary/aromatic N) is 1. The first-order valence-electron chi connectivity index (χ1n) is 6.79. The van der Waals surface area contributed by atoms with Crippen molar-refractivity contribution >= 4 is 17.2 Å². The third kappa shape index (κ3) is 2.92. The van der Waals surface area contributed by atoms with Crippen LogP contribution in [0.25, 0.3) is 10.9 Å². The van der Waals surface area contributed by atoms with Gasteiger partial charge in [-0.05, 0) is 24.6 Å². The van der Waals surface area contributed by atoms with E-state index in [0.29, 0.717) is 12.2 Å². The van der Waals surface area contributed by atoms with Gasteiger partial charge >= 0.3 is 0 Å². The molecule has 2 aromatic carbocycles. The molecule has 3 heteroatoms. The molecule has 0 atom stereocenters. The van der Waals surface area contributed by atoms with Gasteiger partial charge in [0.25, 0.3) is 0 Å². The zero-order valence-electron chi connectivity index (χ0n) is 11.7. The highest BCUT2D eigenvalue weighted by atomic mass is 16.5. The van der Waals surface area contributed by atoms with Crippen molar-refractivity contribution in [1.82, 2.24) is 4.98 Å². The number of fused-ring (bicyclic) bond motifs is 1. The molecular weight excluding hydrogens is 262 g/mol. The van der Waals surface area contributed by atoms with Crippen LogP contribution in [-0.2, 0) is 6.61 Å². The molecular formula is C18H15NO2. The number of hydrogen-bond donors (Lipinski definition) is 0. The summed E-state index contributed by atoms with van der Waals surface area (Å²) in [4.78, 5) is 15.2. The zero-order valence-corrected chi connectivity index (χ0v) is 11.7. The molecule has 1 heterocycles. The fraction of sp³-hybridized carbons (Fsp3) is 0.111. The molecule has 0 unspecified atom stereocenters. The Morgan fingerprint density at radius 3 is 2.62 bits per heavy atom. The van der Waals surface area contributed by atoms with E-state index in [-0.39, 0.29) is 0 Å². The van der Waals surface area contributed by atoms with E-state index < -0.39 is 0 Å². The highest BCUT2D eigenvalue weighted by Crippen LogP contribution is 2.24. The Morgan fingerprint density at radius 2 is 1.86 bits per heavy atom. The summed E-state index contributed by atoms with van der Waals surface area (Å²) in [5.41, 5.74) is 3.53. The summed E-state index contributed by atoms with van der Waals surface area (Å²) in [6.45, 7) is 2.42. The number of ether oxygens (including phenoxy) is 1. The number of carbonyl (C=O) groups excluding carboxylic acids is 1. The van der Waals surface area contributed by atoms with Gasteiger partial charge in [0, 0.05) is 16.6 Å². The smallest absolute Gasteiger partial charge is 0.150 e. The van der Waals surface area contributed by atoms with Gasteiger partial charge in [0.15, 0.2) is 0 Å². The molecule has 0 bridgehead atoms. The lowest BCUT2D eigenvalue weighted by atomic mass is 10.1. The Kier molecular flexibility index (Phi) is 3.65. The number of hydrogen-bond acceptors (Lipinski definition) is 3. The predicted molar refractivity (Wildman–Crippen MR) is 82.6 cm³/mol. The van der Waals surface area contributed by atoms with Gasteiger partial charge in [-0.1, -0.05) is 42.5 Å². The number of aryl methyl sites for hydroxylation is 1. The first-order chi connectivity index (χ1) is 10.3. The fourth-order valence-electron chi connectivity index (χ4n) is 2.19. The van der Waals surface area contributed by atoms with Gasteiger partial charge < -0.3 is 4.74 Å². The van der Waals surface area contributed by atoms with Crippen LogP contribution in [0, 0.1) is 6.92 Å². The van der Waals surface area contributed by atoms with E-state index in [0.717, 1.165) is 34.2 Å². The summed E-state index contributed by atoms with van der Waals surface area (Å²) in [5.74, 6) is 0.774. The van der Waals surface area contributed by atoms with Crippen LogP contribution in [0.15, 0.2) is 54.6 Å². The maximum Gasteiger partial charge on any atom is 0.150 e. The van der Waals surface area contributed by atoms with Crippen LogP contribution < -0.4 is 4.74 Å². The lowest BCUT2D eigenvalue weighted by molar-refractivity contribution is 0.112. The molecule has 3 nitrogen and oxygen atoms in total. The summed E-state index contributed by atoms with van der Waals surface area (Å²) in [6, 6.07) is 17.3. The van der Waals surface area contributed by atoms with Crippen molar-refractivity contribution < 1.29 is 9.53 Å². The number of aromatic nitrogens is 1. The summed E-state index contributed by atoms with van der Waals surface area (Å²) < 4.78 is 5.88. The average Bonchev–Trinajstić information content (AvgIpc) is 2.53. The molecule has 1 aromatic heterocycles. The van der Waals surface area contributed by atoms with Gasteiger partial charge in [0.1, 0.15) is 24.2 Å². The van der Waals surface area contributed by atoms with Crippen LogP contribution in [0.1, 0.15) is 21.6 Å². The molecule has 0 amide bonds. The molecule has 0 aliphatic heterocycles. The minimum absolute atomic E-state index is 0.452. The Hall–Kier alpha value is -2.68. The first-order valence-corrected chi connectivity index (χ1v) is 6.79. The van der Waals surface area contributed by atoms with Gasteiger partial charge in [-0.25, -0.2) is 4.98 Å². The average molecular weight is 277 g/mol. The second-order valence-corrected chi connectivity index (χ2v) is 4.93. The molecule has 0 saturated carbocycles. The number of benzene rings is 2. The van der Waals surface area contributed by atoms with Crippen molar-refractivity contribution in [2.45, 2.75) is 13.5 Å². The Bertz CT molecular complexity index is 779. The minimum Gasteiger partial charge on any atom is -0.487 e. The van der Waals surface area contributed by atoms with Crippen molar-refractivity contribution in [2.24, 2.45) is 0 Å². The third-order valence-corrected chi connectivity index (χ3v) is 3.33. The number of rotatable bonds is 4. The van der Waals surface area contributed by atoms with Crippen molar-refractivity contribution in [2.75, 3.05) is 0 Å². The monoisotopic (exact) mass is 277 g/mol. The topological polar surface area (TPSA) is 39.2 Å². The number of para-hydroxylation sites is 1. The molecule has 0 N–H and O–H groups in total. The Balaban J connectivity index is 1.84. The van der Waals surface area contributed by atoms with Crippen molar-refractivity contribution in [1.29, 1.82) is 0 Å².